The van der Waals surface area contributed by atoms with Crippen LogP contribution in [0.2, 0.25) is 0 Å². The van der Waals surface area contributed by atoms with Crippen molar-refractivity contribution in [1.82, 2.24) is 30.4 Å². The number of methoxy groups -OCH3 is 1. The number of para-hydroxylation sites is 1. The van der Waals surface area contributed by atoms with Crippen molar-refractivity contribution >= 4 is 54.6 Å². The molecule has 210 valence electrons. The van der Waals surface area contributed by atoms with Crippen LogP contribution >= 0.6 is 31.1 Å². The lowest BCUT2D eigenvalue weighted by molar-refractivity contribution is -0.192. The van der Waals surface area contributed by atoms with Gasteiger partial charge >= 0.3 is 13.6 Å². The molecule has 1 aromatic carbocycles. The molecule has 3 atom stereocenters. The Morgan fingerprint density at radius 1 is 1.38 bits per heavy atom. The van der Waals surface area contributed by atoms with E-state index in [0.717, 1.165) is 21.3 Å². The second-order valence-electron chi connectivity index (χ2n) is 8.41. The molecule has 1 aromatic heterocycles. The van der Waals surface area contributed by atoms with Crippen LogP contribution in [0.25, 0.3) is 0 Å². The Hall–Kier alpha value is -2.95. The zero-order valence-corrected chi connectivity index (χ0v) is 23.4. The predicted molar refractivity (Wildman–Crippen MR) is 140 cm³/mol. The van der Waals surface area contributed by atoms with Crippen molar-refractivity contribution in [2.45, 2.75) is 35.9 Å². The van der Waals surface area contributed by atoms with Gasteiger partial charge in [-0.15, -0.1) is 16.9 Å². The molecule has 2 aromatic rings. The summed E-state index contributed by atoms with van der Waals surface area (Å²) >= 11 is 2.27. The van der Waals surface area contributed by atoms with Gasteiger partial charge in [-0.2, -0.15) is 0 Å². The summed E-state index contributed by atoms with van der Waals surface area (Å²) in [5.41, 5.74) is 5.36. The number of nitrogens with one attached hydrogen (secondary N) is 1. The number of benzene rings is 1. The molecule has 1 unspecified atom stereocenters. The summed E-state index contributed by atoms with van der Waals surface area (Å²) in [5.74, 6) is -2.28. The van der Waals surface area contributed by atoms with Gasteiger partial charge in [0.1, 0.15) is 17.4 Å². The molecule has 15 nitrogen and oxygen atoms in total. The van der Waals surface area contributed by atoms with Gasteiger partial charge in [-0.1, -0.05) is 30.0 Å². The van der Waals surface area contributed by atoms with E-state index < -0.39 is 42.8 Å². The third-order valence-electron chi connectivity index (χ3n) is 5.88. The second kappa shape index (κ2) is 11.7. The summed E-state index contributed by atoms with van der Waals surface area (Å²) in [6, 6.07) is 6.83. The standard InChI is InChI=1S/C21H26N7O8PS2/c1-3-36-37(33,34)11-27-20(24-25-26-27)39-10-13-9-38-19-21(35-2,18(32)28(19)16(13)17(30)31)23-15(29)8-12-6-4-5-7-14(12)22/h4-7,19H,3,8-11,22H2,1-2H3,(H,23,29)(H,30,31)(H,33,34)/t19-,21+/m1/s1. The number of anilines is 1. The van der Waals surface area contributed by atoms with Gasteiger partial charge in [0.2, 0.25) is 11.1 Å². The van der Waals surface area contributed by atoms with E-state index in [1.165, 1.54) is 18.9 Å². The maximum atomic E-state index is 13.3. The molecular weight excluding hydrogens is 573 g/mol. The molecule has 18 heteroatoms. The molecular formula is C21H26N7O8PS2. The average molecular weight is 600 g/mol. The van der Waals surface area contributed by atoms with Crippen molar-refractivity contribution in [3.63, 3.8) is 0 Å². The predicted octanol–water partition coefficient (Wildman–Crippen LogP) is 0.482. The number of carboxylic acid groups (broad SMARTS) is 1. The summed E-state index contributed by atoms with van der Waals surface area (Å²) < 4.78 is 23.5. The summed E-state index contributed by atoms with van der Waals surface area (Å²) in [7, 11) is -2.71. The smallest absolute Gasteiger partial charge is 0.352 e. The lowest BCUT2D eigenvalue weighted by atomic mass is 9.97. The second-order valence-corrected chi connectivity index (χ2v) is 12.2. The number of carbonyl (C=O) groups is 3. The van der Waals surface area contributed by atoms with Crippen molar-refractivity contribution in [2.24, 2.45) is 0 Å². The first-order chi connectivity index (χ1) is 18.5. The van der Waals surface area contributed by atoms with Crippen molar-refractivity contribution in [3.05, 3.63) is 41.1 Å². The number of fused-ring (bicyclic) bond motifs is 1. The van der Waals surface area contributed by atoms with E-state index in [2.05, 4.69) is 20.8 Å². The van der Waals surface area contributed by atoms with Gasteiger partial charge in [-0.25, -0.2) is 9.48 Å². The van der Waals surface area contributed by atoms with E-state index in [9.17, 15) is 28.9 Å². The largest absolute Gasteiger partial charge is 0.477 e. The highest BCUT2D eigenvalue weighted by Crippen LogP contribution is 2.48. The molecule has 0 bridgehead atoms. The molecule has 0 aliphatic carbocycles. The average Bonchev–Trinajstić information content (AvgIpc) is 3.32. The monoisotopic (exact) mass is 599 g/mol. The van der Waals surface area contributed by atoms with Gasteiger partial charge in [0.15, 0.2) is 0 Å². The van der Waals surface area contributed by atoms with E-state index >= 15 is 0 Å². The number of nitrogens with two attached hydrogens (primary N) is 1. The SMILES string of the molecule is CCOP(=O)(O)Cn1nnnc1SCC1=C(C(=O)O)N2C(=O)[C@](NC(=O)Cc3ccccc3N)(OC)[C@H]2SC1. The lowest BCUT2D eigenvalue weighted by Crippen LogP contribution is -2.80. The Morgan fingerprint density at radius 2 is 2.13 bits per heavy atom. The molecule has 3 heterocycles. The number of carbonyl (C=O) groups excluding carboxylic acids is 2. The van der Waals surface area contributed by atoms with Gasteiger partial charge < -0.3 is 30.3 Å². The zero-order chi connectivity index (χ0) is 28.4. The first-order valence-electron chi connectivity index (χ1n) is 11.5. The van der Waals surface area contributed by atoms with Gasteiger partial charge in [0, 0.05) is 24.3 Å². The minimum absolute atomic E-state index is 0.0270. The molecule has 39 heavy (non-hydrogen) atoms. The van der Waals surface area contributed by atoms with Gasteiger partial charge in [-0.3, -0.25) is 19.1 Å². The number of amides is 2. The Kier molecular flexibility index (Phi) is 8.68. The van der Waals surface area contributed by atoms with Crippen LogP contribution in [0, 0.1) is 0 Å². The molecule has 2 aliphatic rings. The van der Waals surface area contributed by atoms with Crippen LogP contribution < -0.4 is 11.1 Å². The van der Waals surface area contributed by atoms with Crippen LogP contribution in [-0.2, 0) is 40.9 Å². The highest BCUT2D eigenvalue weighted by Gasteiger charge is 2.66. The lowest BCUT2D eigenvalue weighted by Gasteiger charge is -2.55. The Labute approximate surface area is 231 Å². The van der Waals surface area contributed by atoms with Crippen LogP contribution in [0.1, 0.15) is 12.5 Å². The molecule has 0 saturated carbocycles. The Morgan fingerprint density at radius 3 is 2.79 bits per heavy atom. The number of ether oxygens (including phenoxy) is 1. The zero-order valence-electron chi connectivity index (χ0n) is 20.8. The van der Waals surface area contributed by atoms with Gasteiger partial charge in [0.05, 0.1) is 13.0 Å². The van der Waals surface area contributed by atoms with Crippen LogP contribution in [0.15, 0.2) is 40.7 Å². The number of carboxylic acids is 1. The number of hydrogen-bond donors (Lipinski definition) is 4. The summed E-state index contributed by atoms with van der Waals surface area (Å²) in [5, 5.41) is 23.0. The van der Waals surface area contributed by atoms with Crippen LogP contribution in [-0.4, -0.2) is 89.2 Å². The van der Waals surface area contributed by atoms with E-state index in [1.54, 1.807) is 31.2 Å². The summed E-state index contributed by atoms with van der Waals surface area (Å²) in [6.07, 6.45) is -0.572. The van der Waals surface area contributed by atoms with Crippen molar-refractivity contribution in [3.8, 4) is 0 Å². The molecule has 2 aliphatic heterocycles. The van der Waals surface area contributed by atoms with E-state index in [-0.39, 0.29) is 35.4 Å². The van der Waals surface area contributed by atoms with Gasteiger partial charge in [0.25, 0.3) is 11.6 Å². The number of aromatic nitrogens is 4. The van der Waals surface area contributed by atoms with Crippen molar-refractivity contribution in [1.29, 1.82) is 0 Å². The summed E-state index contributed by atoms with van der Waals surface area (Å²) in [6.45, 7) is 1.60. The van der Waals surface area contributed by atoms with Crippen LogP contribution in [0.3, 0.4) is 0 Å². The number of aliphatic carboxylic acids is 1. The Balaban J connectivity index is 1.50. The molecule has 0 spiro atoms. The third-order valence-corrected chi connectivity index (χ3v) is 9.59. The van der Waals surface area contributed by atoms with E-state index in [4.69, 9.17) is 15.0 Å². The number of hydrogen-bond acceptors (Lipinski definition) is 12. The topological polar surface area (TPSA) is 212 Å². The maximum absolute atomic E-state index is 13.3. The third kappa shape index (κ3) is 5.83. The number of rotatable bonds is 12. The minimum atomic E-state index is -3.98. The fourth-order valence-corrected chi connectivity index (χ4v) is 7.69. The highest BCUT2D eigenvalue weighted by molar-refractivity contribution is 8.01. The summed E-state index contributed by atoms with van der Waals surface area (Å²) in [4.78, 5) is 49.3. The molecule has 1 saturated heterocycles. The number of nitrogens with zero attached hydrogens (tertiary/aromatic N) is 5. The minimum Gasteiger partial charge on any atom is -0.477 e. The molecule has 2 amide bonds. The molecule has 4 rings (SSSR count). The number of tetrazole rings is 1. The molecule has 1 fully saturated rings. The van der Waals surface area contributed by atoms with Crippen LogP contribution in [0.4, 0.5) is 5.69 Å². The van der Waals surface area contributed by atoms with Crippen molar-refractivity contribution in [2.75, 3.05) is 31.0 Å². The maximum Gasteiger partial charge on any atom is 0.352 e. The van der Waals surface area contributed by atoms with E-state index in [0.29, 0.717) is 16.8 Å². The highest BCUT2D eigenvalue weighted by atomic mass is 32.2. The fraction of sp³-hybridized carbons (Fsp3) is 0.429. The quantitative estimate of drug-likeness (QED) is 0.0859. The normalized spacial score (nSPS) is 22.2. The molecule has 5 N–H and O–H groups in total. The number of thioether (sulfide) groups is 2. The van der Waals surface area contributed by atoms with Crippen molar-refractivity contribution < 1.29 is 38.2 Å². The first-order valence-corrected chi connectivity index (χ1v) is 15.3. The first kappa shape index (κ1) is 29.0. The van der Waals surface area contributed by atoms with Crippen LogP contribution in [0.5, 0.6) is 0 Å². The fourth-order valence-electron chi connectivity index (χ4n) is 4.13. The number of β-lactam (4-membered cyclic amide) rings is 1. The number of nitrogen functional groups attached to an aromatic ring is 1. The Bertz CT molecular complexity index is 1370. The molecule has 0 radical (unpaired) electrons. The van der Waals surface area contributed by atoms with E-state index in [1.807, 2.05) is 0 Å². The van der Waals surface area contributed by atoms with Gasteiger partial charge in [-0.05, 0) is 34.6 Å².